The molecule has 0 fully saturated rings. The third-order valence-electron chi connectivity index (χ3n) is 4.33. The van der Waals surface area contributed by atoms with Crippen LogP contribution in [0.3, 0.4) is 0 Å². The van der Waals surface area contributed by atoms with Gasteiger partial charge in [-0.1, -0.05) is 29.3 Å². The first-order chi connectivity index (χ1) is 13.5. The Morgan fingerprint density at radius 1 is 1.00 bits per heavy atom. The third kappa shape index (κ3) is 5.03. The van der Waals surface area contributed by atoms with E-state index in [4.69, 9.17) is 27.9 Å². The SMILES string of the molecule is COc1ccc(C(=O)CC(Nc2ccc(F)cc2)c2ccc(Cl)c(Cl)c2)cc1. The molecule has 28 heavy (non-hydrogen) atoms. The molecule has 0 amide bonds. The van der Waals surface area contributed by atoms with E-state index >= 15 is 0 Å². The second-order valence-corrected chi connectivity index (χ2v) is 7.05. The van der Waals surface area contributed by atoms with E-state index in [2.05, 4.69) is 5.32 Å². The van der Waals surface area contributed by atoms with Gasteiger partial charge in [-0.05, 0) is 66.2 Å². The fraction of sp³-hybridized carbons (Fsp3) is 0.136. The molecule has 6 heteroatoms. The highest BCUT2D eigenvalue weighted by atomic mass is 35.5. The molecule has 144 valence electrons. The number of rotatable bonds is 7. The van der Waals surface area contributed by atoms with Crippen molar-refractivity contribution in [2.24, 2.45) is 0 Å². The number of halogens is 3. The topological polar surface area (TPSA) is 38.3 Å². The summed E-state index contributed by atoms with van der Waals surface area (Å²) in [5.74, 6) is 0.307. The predicted molar refractivity (Wildman–Crippen MR) is 111 cm³/mol. The Morgan fingerprint density at radius 2 is 1.68 bits per heavy atom. The van der Waals surface area contributed by atoms with Gasteiger partial charge in [0.25, 0.3) is 0 Å². The van der Waals surface area contributed by atoms with Crippen LogP contribution in [0.1, 0.15) is 28.4 Å². The van der Waals surface area contributed by atoms with Crippen molar-refractivity contribution in [1.82, 2.24) is 0 Å². The largest absolute Gasteiger partial charge is 0.497 e. The average molecular weight is 418 g/mol. The lowest BCUT2D eigenvalue weighted by molar-refractivity contribution is 0.0976. The standard InChI is InChI=1S/C22H18Cl2FNO2/c1-28-18-9-2-14(3-10-18)22(27)13-21(15-4-11-19(23)20(24)12-15)26-17-7-5-16(25)6-8-17/h2-12,21,26H,13H2,1H3. The number of Topliss-reactive ketones (excluding diaryl/α,β-unsaturated/α-hetero) is 1. The molecule has 0 radical (unpaired) electrons. The minimum absolute atomic E-state index is 0.0478. The molecule has 1 N–H and O–H groups in total. The molecule has 3 aromatic carbocycles. The number of ether oxygens (including phenoxy) is 1. The Bertz CT molecular complexity index is 959. The molecule has 0 aromatic heterocycles. The van der Waals surface area contributed by atoms with Gasteiger partial charge in [-0.25, -0.2) is 4.39 Å². The monoisotopic (exact) mass is 417 g/mol. The second kappa shape index (κ2) is 9.09. The summed E-state index contributed by atoms with van der Waals surface area (Å²) in [5, 5.41) is 4.12. The molecular formula is C22H18Cl2FNO2. The molecule has 3 aromatic rings. The van der Waals surface area contributed by atoms with Gasteiger partial charge in [-0.15, -0.1) is 0 Å². The van der Waals surface area contributed by atoms with Crippen LogP contribution in [0.15, 0.2) is 66.7 Å². The van der Waals surface area contributed by atoms with E-state index in [0.29, 0.717) is 27.0 Å². The first kappa shape index (κ1) is 20.2. The number of hydrogen-bond donors (Lipinski definition) is 1. The minimum Gasteiger partial charge on any atom is -0.497 e. The number of hydrogen-bond acceptors (Lipinski definition) is 3. The van der Waals surface area contributed by atoms with Crippen LogP contribution in [0, 0.1) is 5.82 Å². The summed E-state index contributed by atoms with van der Waals surface area (Å²) in [6, 6.07) is 17.8. The van der Waals surface area contributed by atoms with E-state index < -0.39 is 0 Å². The maximum atomic E-state index is 13.2. The van der Waals surface area contributed by atoms with Crippen LogP contribution in [0.2, 0.25) is 10.0 Å². The summed E-state index contributed by atoms with van der Waals surface area (Å²) in [6.45, 7) is 0. The van der Waals surface area contributed by atoms with Gasteiger partial charge in [-0.2, -0.15) is 0 Å². The van der Waals surface area contributed by atoms with Crippen molar-refractivity contribution in [1.29, 1.82) is 0 Å². The Kier molecular flexibility index (Phi) is 6.55. The number of anilines is 1. The van der Waals surface area contributed by atoms with Gasteiger partial charge in [0, 0.05) is 17.7 Å². The van der Waals surface area contributed by atoms with Crippen LogP contribution in [0.25, 0.3) is 0 Å². The molecule has 3 rings (SSSR count). The van der Waals surface area contributed by atoms with Crippen molar-refractivity contribution >= 4 is 34.7 Å². The number of ketones is 1. The second-order valence-electron chi connectivity index (χ2n) is 6.23. The molecule has 0 saturated heterocycles. The van der Waals surface area contributed by atoms with E-state index in [0.717, 1.165) is 5.56 Å². The molecule has 0 saturated carbocycles. The van der Waals surface area contributed by atoms with E-state index in [1.54, 1.807) is 55.6 Å². The van der Waals surface area contributed by atoms with Crippen molar-refractivity contribution in [3.63, 3.8) is 0 Å². The Hall–Kier alpha value is -2.56. The van der Waals surface area contributed by atoms with Crippen molar-refractivity contribution in [2.75, 3.05) is 12.4 Å². The molecule has 3 nitrogen and oxygen atoms in total. The van der Waals surface area contributed by atoms with E-state index in [-0.39, 0.29) is 24.1 Å². The molecule has 0 heterocycles. The molecule has 1 unspecified atom stereocenters. The van der Waals surface area contributed by atoms with Gasteiger partial charge >= 0.3 is 0 Å². The molecule has 0 aliphatic heterocycles. The van der Waals surface area contributed by atoms with E-state index in [1.807, 2.05) is 6.07 Å². The highest BCUT2D eigenvalue weighted by Crippen LogP contribution is 2.30. The van der Waals surface area contributed by atoms with Crippen LogP contribution in [0.4, 0.5) is 10.1 Å². The van der Waals surface area contributed by atoms with Gasteiger partial charge in [0.2, 0.25) is 0 Å². The van der Waals surface area contributed by atoms with Gasteiger partial charge in [0.05, 0.1) is 23.2 Å². The first-order valence-corrected chi connectivity index (χ1v) is 9.36. The summed E-state index contributed by atoms with van der Waals surface area (Å²) >= 11 is 12.2. The number of carbonyl (C=O) groups is 1. The summed E-state index contributed by atoms with van der Waals surface area (Å²) in [6.07, 6.45) is 0.182. The first-order valence-electron chi connectivity index (χ1n) is 8.60. The number of benzene rings is 3. The van der Waals surface area contributed by atoms with Crippen molar-refractivity contribution < 1.29 is 13.9 Å². The van der Waals surface area contributed by atoms with Gasteiger partial charge in [-0.3, -0.25) is 4.79 Å². The van der Waals surface area contributed by atoms with E-state index in [1.165, 1.54) is 12.1 Å². The number of carbonyl (C=O) groups excluding carboxylic acids is 1. The summed E-state index contributed by atoms with van der Waals surface area (Å²) in [4.78, 5) is 12.8. The fourth-order valence-electron chi connectivity index (χ4n) is 2.81. The average Bonchev–Trinajstić information content (AvgIpc) is 2.71. The van der Waals surface area contributed by atoms with Crippen molar-refractivity contribution in [3.8, 4) is 5.75 Å². The third-order valence-corrected chi connectivity index (χ3v) is 5.07. The van der Waals surface area contributed by atoms with Crippen molar-refractivity contribution in [3.05, 3.63) is 93.7 Å². The molecule has 0 bridgehead atoms. The molecule has 0 aliphatic rings. The smallest absolute Gasteiger partial charge is 0.165 e. The maximum absolute atomic E-state index is 13.2. The predicted octanol–water partition coefficient (Wildman–Crippen LogP) is 6.57. The zero-order valence-electron chi connectivity index (χ0n) is 15.1. The summed E-state index contributed by atoms with van der Waals surface area (Å²) < 4.78 is 18.3. The Labute approximate surface area is 173 Å². The van der Waals surface area contributed by atoms with Crippen LogP contribution in [-0.2, 0) is 0 Å². The van der Waals surface area contributed by atoms with Gasteiger partial charge < -0.3 is 10.1 Å². The lowest BCUT2D eigenvalue weighted by atomic mass is 9.97. The van der Waals surface area contributed by atoms with Gasteiger partial charge in [0.15, 0.2) is 5.78 Å². The van der Waals surface area contributed by atoms with Crippen LogP contribution in [-0.4, -0.2) is 12.9 Å². The van der Waals surface area contributed by atoms with Crippen LogP contribution in [0.5, 0.6) is 5.75 Å². The zero-order valence-corrected chi connectivity index (χ0v) is 16.6. The lowest BCUT2D eigenvalue weighted by Gasteiger charge is -2.21. The minimum atomic E-state index is -0.366. The molecule has 0 aliphatic carbocycles. The quantitative estimate of drug-likeness (QED) is 0.441. The summed E-state index contributed by atoms with van der Waals surface area (Å²) in [5.41, 5.74) is 2.08. The normalized spacial score (nSPS) is 11.7. The van der Waals surface area contributed by atoms with E-state index in [9.17, 15) is 9.18 Å². The highest BCUT2D eigenvalue weighted by molar-refractivity contribution is 6.42. The van der Waals surface area contributed by atoms with Crippen LogP contribution >= 0.6 is 23.2 Å². The molecular weight excluding hydrogens is 400 g/mol. The van der Waals surface area contributed by atoms with Gasteiger partial charge in [0.1, 0.15) is 11.6 Å². The number of nitrogens with one attached hydrogen (secondary N) is 1. The summed E-state index contributed by atoms with van der Waals surface area (Å²) in [7, 11) is 1.57. The lowest BCUT2D eigenvalue weighted by Crippen LogP contribution is -2.16. The maximum Gasteiger partial charge on any atom is 0.165 e. The Balaban J connectivity index is 1.86. The zero-order chi connectivity index (χ0) is 20.1. The number of methoxy groups -OCH3 is 1. The van der Waals surface area contributed by atoms with Crippen molar-refractivity contribution in [2.45, 2.75) is 12.5 Å². The highest BCUT2D eigenvalue weighted by Gasteiger charge is 2.18. The molecule has 0 spiro atoms. The Morgan fingerprint density at radius 3 is 2.29 bits per heavy atom. The fourth-order valence-corrected chi connectivity index (χ4v) is 3.12. The molecule has 1 atom stereocenters. The van der Waals surface area contributed by atoms with Crippen LogP contribution < -0.4 is 10.1 Å².